The van der Waals surface area contributed by atoms with Gasteiger partial charge < -0.3 is 4.74 Å². The van der Waals surface area contributed by atoms with Gasteiger partial charge >= 0.3 is 6.11 Å². The molecule has 0 unspecified atom stereocenters. The fourth-order valence-electron chi connectivity index (χ4n) is 4.47. The average molecular weight is 451 g/mol. The van der Waals surface area contributed by atoms with Gasteiger partial charge in [0.05, 0.1) is 12.2 Å². The zero-order valence-corrected chi connectivity index (χ0v) is 17.9. The van der Waals surface area contributed by atoms with Crippen molar-refractivity contribution in [2.45, 2.75) is 63.9 Å². The normalized spacial score (nSPS) is 19.0. The van der Waals surface area contributed by atoms with Crippen LogP contribution in [-0.4, -0.2) is 6.61 Å². The molecule has 1 fully saturated rings. The standard InChI is InChI=1S/C25H26F5NO/c1-2-3-16-4-6-18(7-5-16)19-8-9-21(24(28)14-19)25(29,30)32-11-10-17-12-22(26)20(15-31)23(27)13-17/h8-9,12-14,16,18H,2-7,10-11H2,1H3. The second-order valence-electron chi connectivity index (χ2n) is 8.41. The molecule has 0 aromatic heterocycles. The Hall–Kier alpha value is -2.46. The van der Waals surface area contributed by atoms with E-state index in [2.05, 4.69) is 11.7 Å². The fraction of sp³-hybridized carbons (Fsp3) is 0.480. The Morgan fingerprint density at radius 3 is 2.22 bits per heavy atom. The van der Waals surface area contributed by atoms with Gasteiger partial charge in [0, 0.05) is 0 Å². The van der Waals surface area contributed by atoms with Crippen molar-refractivity contribution in [1.29, 1.82) is 5.26 Å². The largest absolute Gasteiger partial charge is 0.386 e. The Kier molecular flexibility index (Phi) is 7.89. The van der Waals surface area contributed by atoms with Crippen molar-refractivity contribution in [2.24, 2.45) is 5.92 Å². The van der Waals surface area contributed by atoms with Crippen LogP contribution in [0.15, 0.2) is 30.3 Å². The molecule has 2 nitrogen and oxygen atoms in total. The highest BCUT2D eigenvalue weighted by Crippen LogP contribution is 2.39. The number of alkyl halides is 2. The van der Waals surface area contributed by atoms with Gasteiger partial charge in [-0.25, -0.2) is 13.2 Å². The van der Waals surface area contributed by atoms with Gasteiger partial charge in [-0.15, -0.1) is 0 Å². The van der Waals surface area contributed by atoms with Gasteiger partial charge in [0.25, 0.3) is 0 Å². The number of ether oxygens (including phenoxy) is 1. The lowest BCUT2D eigenvalue weighted by Crippen LogP contribution is -2.22. The molecule has 0 spiro atoms. The molecule has 0 N–H and O–H groups in total. The minimum atomic E-state index is -3.88. The minimum absolute atomic E-state index is 0.0595. The van der Waals surface area contributed by atoms with E-state index in [1.165, 1.54) is 24.6 Å². The molecule has 0 saturated heterocycles. The van der Waals surface area contributed by atoms with Gasteiger partial charge in [0.1, 0.15) is 29.1 Å². The molecule has 0 aliphatic heterocycles. The molecule has 2 aromatic rings. The summed E-state index contributed by atoms with van der Waals surface area (Å²) in [4.78, 5) is 0. The number of nitrogens with zero attached hydrogens (tertiary/aromatic N) is 1. The van der Waals surface area contributed by atoms with Gasteiger partial charge in [-0.3, -0.25) is 0 Å². The summed E-state index contributed by atoms with van der Waals surface area (Å²) in [5.41, 5.74) is -0.816. The summed E-state index contributed by atoms with van der Waals surface area (Å²) in [6, 6.07) is 6.95. The first kappa shape index (κ1) is 24.2. The molecule has 3 rings (SSSR count). The molecular formula is C25H26F5NO. The van der Waals surface area contributed by atoms with Crippen molar-refractivity contribution in [3.63, 3.8) is 0 Å². The molecule has 1 aliphatic carbocycles. The summed E-state index contributed by atoms with van der Waals surface area (Å²) in [6.07, 6.45) is 2.20. The van der Waals surface area contributed by atoms with Gasteiger partial charge in [0.15, 0.2) is 0 Å². The van der Waals surface area contributed by atoms with E-state index < -0.39 is 41.3 Å². The molecule has 172 valence electrons. The zero-order valence-electron chi connectivity index (χ0n) is 17.9. The van der Waals surface area contributed by atoms with Crippen molar-refractivity contribution < 1.29 is 26.7 Å². The van der Waals surface area contributed by atoms with Crippen LogP contribution in [0.25, 0.3) is 0 Å². The van der Waals surface area contributed by atoms with Crippen LogP contribution in [0.5, 0.6) is 0 Å². The Balaban J connectivity index is 1.61. The van der Waals surface area contributed by atoms with Crippen molar-refractivity contribution in [3.8, 4) is 6.07 Å². The molecule has 0 radical (unpaired) electrons. The summed E-state index contributed by atoms with van der Waals surface area (Å²) in [7, 11) is 0. The predicted octanol–water partition coefficient (Wildman–Crippen LogP) is 7.36. The number of hydrogen-bond acceptors (Lipinski definition) is 2. The summed E-state index contributed by atoms with van der Waals surface area (Å²) < 4.78 is 75.3. The summed E-state index contributed by atoms with van der Waals surface area (Å²) in [6.45, 7) is 1.57. The average Bonchev–Trinajstić information content (AvgIpc) is 2.74. The Morgan fingerprint density at radius 1 is 1.00 bits per heavy atom. The summed E-state index contributed by atoms with van der Waals surface area (Å²) >= 11 is 0. The van der Waals surface area contributed by atoms with Crippen molar-refractivity contribution in [3.05, 3.63) is 70.0 Å². The van der Waals surface area contributed by atoms with Gasteiger partial charge in [-0.1, -0.05) is 25.8 Å². The predicted molar refractivity (Wildman–Crippen MR) is 111 cm³/mol. The van der Waals surface area contributed by atoms with E-state index >= 15 is 0 Å². The number of nitriles is 1. The second kappa shape index (κ2) is 10.4. The van der Waals surface area contributed by atoms with Crippen LogP contribution < -0.4 is 0 Å². The van der Waals surface area contributed by atoms with Crippen LogP contribution in [0.4, 0.5) is 22.0 Å². The van der Waals surface area contributed by atoms with E-state index in [1.807, 2.05) is 0 Å². The lowest BCUT2D eigenvalue weighted by atomic mass is 9.77. The number of halogens is 5. The molecule has 0 bridgehead atoms. The highest BCUT2D eigenvalue weighted by molar-refractivity contribution is 5.35. The van der Waals surface area contributed by atoms with Gasteiger partial charge in [-0.2, -0.15) is 14.0 Å². The van der Waals surface area contributed by atoms with E-state index in [4.69, 9.17) is 5.26 Å². The van der Waals surface area contributed by atoms with Crippen LogP contribution in [0.2, 0.25) is 0 Å². The third kappa shape index (κ3) is 5.66. The molecule has 0 amide bonds. The molecular weight excluding hydrogens is 425 g/mol. The van der Waals surface area contributed by atoms with Crippen molar-refractivity contribution in [2.75, 3.05) is 6.61 Å². The number of rotatable bonds is 8. The van der Waals surface area contributed by atoms with Crippen LogP contribution in [0.3, 0.4) is 0 Å². The monoisotopic (exact) mass is 451 g/mol. The first-order valence-electron chi connectivity index (χ1n) is 10.9. The molecule has 2 aromatic carbocycles. The van der Waals surface area contributed by atoms with Crippen LogP contribution in [-0.2, 0) is 17.3 Å². The second-order valence-corrected chi connectivity index (χ2v) is 8.41. The first-order chi connectivity index (χ1) is 15.2. The van der Waals surface area contributed by atoms with E-state index in [-0.39, 0.29) is 17.9 Å². The molecule has 0 atom stereocenters. The quantitative estimate of drug-likeness (QED) is 0.393. The molecule has 32 heavy (non-hydrogen) atoms. The zero-order chi connectivity index (χ0) is 23.3. The van der Waals surface area contributed by atoms with Crippen LogP contribution >= 0.6 is 0 Å². The maximum atomic E-state index is 14.5. The van der Waals surface area contributed by atoms with Crippen molar-refractivity contribution in [1.82, 2.24) is 0 Å². The van der Waals surface area contributed by atoms with E-state index in [1.54, 1.807) is 0 Å². The lowest BCUT2D eigenvalue weighted by molar-refractivity contribution is -0.249. The topological polar surface area (TPSA) is 33.0 Å². The van der Waals surface area contributed by atoms with Crippen LogP contribution in [0, 0.1) is 34.7 Å². The van der Waals surface area contributed by atoms with E-state index in [0.29, 0.717) is 5.92 Å². The maximum absolute atomic E-state index is 14.5. The Bertz CT molecular complexity index is 954. The van der Waals surface area contributed by atoms with E-state index in [0.717, 1.165) is 55.9 Å². The molecule has 7 heteroatoms. The molecule has 1 aliphatic rings. The van der Waals surface area contributed by atoms with Gasteiger partial charge in [-0.05, 0) is 79.3 Å². The van der Waals surface area contributed by atoms with Crippen molar-refractivity contribution >= 4 is 0 Å². The van der Waals surface area contributed by atoms with Crippen LogP contribution in [0.1, 0.15) is 73.6 Å². The summed E-state index contributed by atoms with van der Waals surface area (Å²) in [5.74, 6) is -2.31. The molecule has 0 heterocycles. The maximum Gasteiger partial charge on any atom is 0.386 e. The smallest absolute Gasteiger partial charge is 0.316 e. The van der Waals surface area contributed by atoms with Gasteiger partial charge in [0.2, 0.25) is 0 Å². The number of hydrogen-bond donors (Lipinski definition) is 0. The first-order valence-corrected chi connectivity index (χ1v) is 10.9. The highest BCUT2D eigenvalue weighted by atomic mass is 19.3. The third-order valence-corrected chi connectivity index (χ3v) is 6.21. The number of benzene rings is 2. The van der Waals surface area contributed by atoms with E-state index in [9.17, 15) is 22.0 Å². The lowest BCUT2D eigenvalue weighted by Gasteiger charge is -2.29. The third-order valence-electron chi connectivity index (χ3n) is 6.21. The highest BCUT2D eigenvalue weighted by Gasteiger charge is 2.36. The molecule has 1 saturated carbocycles. The minimum Gasteiger partial charge on any atom is -0.316 e. The summed E-state index contributed by atoms with van der Waals surface area (Å²) in [5, 5.41) is 8.67. The Labute approximate surface area is 185 Å². The SMILES string of the molecule is CCCC1CCC(c2ccc(C(F)(F)OCCc3cc(F)c(C#N)c(F)c3)c(F)c2)CC1. The Morgan fingerprint density at radius 2 is 1.66 bits per heavy atom. The fourth-order valence-corrected chi connectivity index (χ4v) is 4.47.